The number of hydrogen-bond acceptors (Lipinski definition) is 1. The minimum Gasteiger partial charge on any atom is -0.360 e. The van der Waals surface area contributed by atoms with Crippen LogP contribution >= 0.6 is 12.2 Å². The molecule has 0 unspecified atom stereocenters. The van der Waals surface area contributed by atoms with E-state index in [-0.39, 0.29) is 0 Å². The smallest absolute Gasteiger partial charge is 0.168 e. The van der Waals surface area contributed by atoms with Crippen molar-refractivity contribution in [3.05, 3.63) is 0 Å². The van der Waals surface area contributed by atoms with Gasteiger partial charge in [-0.3, -0.25) is 0 Å². The molecule has 0 radical (unpaired) electrons. The Balaban J connectivity index is 1.70. The zero-order valence-corrected chi connectivity index (χ0v) is 11.9. The first-order valence-corrected chi connectivity index (χ1v) is 7.68. The minimum absolute atomic E-state index is 0.641. The average Bonchev–Trinajstić information content (AvgIpc) is 2.83. The van der Waals surface area contributed by atoms with Gasteiger partial charge in [-0.15, -0.1) is 0 Å². The van der Waals surface area contributed by atoms with E-state index in [2.05, 4.69) is 17.3 Å². The first-order chi connectivity index (χ1) is 8.25. The lowest BCUT2D eigenvalue weighted by atomic mass is 9.96. The fourth-order valence-electron chi connectivity index (χ4n) is 3.19. The van der Waals surface area contributed by atoms with Crippen molar-refractivity contribution in [3.8, 4) is 0 Å². The summed E-state index contributed by atoms with van der Waals surface area (Å²) in [6.07, 6.45) is 12.4. The van der Waals surface area contributed by atoms with Gasteiger partial charge in [-0.25, -0.2) is 0 Å². The van der Waals surface area contributed by atoms with Crippen molar-refractivity contribution in [1.82, 2.24) is 10.2 Å². The van der Waals surface area contributed by atoms with Crippen LogP contribution in [0, 0.1) is 5.92 Å². The number of hydrogen-bond donors (Lipinski definition) is 1. The molecule has 2 nitrogen and oxygen atoms in total. The van der Waals surface area contributed by atoms with Gasteiger partial charge in [0.1, 0.15) is 0 Å². The van der Waals surface area contributed by atoms with Gasteiger partial charge in [0, 0.05) is 19.6 Å². The molecule has 0 amide bonds. The summed E-state index contributed by atoms with van der Waals surface area (Å²) in [7, 11) is 2.15. The molecule has 0 aromatic carbocycles. The molecule has 0 heterocycles. The van der Waals surface area contributed by atoms with Gasteiger partial charge in [-0.05, 0) is 43.8 Å². The molecule has 0 atom stereocenters. The normalized spacial score (nSPS) is 22.6. The van der Waals surface area contributed by atoms with Gasteiger partial charge < -0.3 is 10.2 Å². The fraction of sp³-hybridized carbons (Fsp3) is 0.929. The summed E-state index contributed by atoms with van der Waals surface area (Å²) < 4.78 is 0. The average molecular weight is 254 g/mol. The van der Waals surface area contributed by atoms with Crippen molar-refractivity contribution >= 4 is 17.3 Å². The zero-order valence-electron chi connectivity index (χ0n) is 11.1. The Kier molecular flexibility index (Phi) is 5.08. The molecule has 2 aliphatic carbocycles. The van der Waals surface area contributed by atoms with Crippen molar-refractivity contribution in [3.63, 3.8) is 0 Å². The predicted molar refractivity (Wildman–Crippen MR) is 77.2 cm³/mol. The molecule has 0 aromatic heterocycles. The van der Waals surface area contributed by atoms with E-state index in [1.807, 2.05) is 0 Å². The van der Waals surface area contributed by atoms with Crippen molar-refractivity contribution in [2.75, 3.05) is 13.6 Å². The van der Waals surface area contributed by atoms with Gasteiger partial charge in [0.15, 0.2) is 5.11 Å². The fourth-order valence-corrected chi connectivity index (χ4v) is 3.44. The van der Waals surface area contributed by atoms with Crippen LogP contribution in [0.15, 0.2) is 0 Å². The lowest BCUT2D eigenvalue weighted by Crippen LogP contribution is -2.44. The summed E-state index contributed by atoms with van der Waals surface area (Å²) in [4.78, 5) is 2.26. The lowest BCUT2D eigenvalue weighted by Gasteiger charge is -2.29. The molecule has 98 valence electrons. The molecule has 0 aromatic rings. The number of rotatable bonds is 3. The molecule has 0 aliphatic heterocycles. The maximum Gasteiger partial charge on any atom is 0.168 e. The highest BCUT2D eigenvalue weighted by atomic mass is 32.1. The van der Waals surface area contributed by atoms with E-state index in [0.717, 1.165) is 17.6 Å². The summed E-state index contributed by atoms with van der Waals surface area (Å²) in [5, 5.41) is 4.53. The first kappa shape index (κ1) is 13.1. The Morgan fingerprint density at radius 2 is 1.65 bits per heavy atom. The molecule has 0 bridgehead atoms. The largest absolute Gasteiger partial charge is 0.360 e. The molecule has 2 fully saturated rings. The Labute approximate surface area is 111 Å². The Morgan fingerprint density at radius 3 is 2.29 bits per heavy atom. The molecule has 17 heavy (non-hydrogen) atoms. The second-order valence-electron chi connectivity index (χ2n) is 5.82. The van der Waals surface area contributed by atoms with E-state index in [9.17, 15) is 0 Å². The highest BCUT2D eigenvalue weighted by Crippen LogP contribution is 2.25. The summed E-state index contributed by atoms with van der Waals surface area (Å²) in [5.74, 6) is 0.881. The van der Waals surface area contributed by atoms with Crippen LogP contribution in [0.1, 0.15) is 57.8 Å². The molecular formula is C14H26N2S. The van der Waals surface area contributed by atoms with Crippen LogP contribution in [-0.4, -0.2) is 29.6 Å². The van der Waals surface area contributed by atoms with E-state index in [0.29, 0.717) is 6.04 Å². The standard InChI is InChI=1S/C14H26N2S/c1-16(11-12-7-5-6-8-12)14(17)15-13-9-3-2-4-10-13/h12-13H,2-11H2,1H3,(H,15,17). The third-order valence-corrected chi connectivity index (χ3v) is 4.72. The van der Waals surface area contributed by atoms with Crippen molar-refractivity contribution in [2.24, 2.45) is 5.92 Å². The van der Waals surface area contributed by atoms with Gasteiger partial charge in [-0.1, -0.05) is 32.1 Å². The van der Waals surface area contributed by atoms with Crippen LogP contribution in [0.5, 0.6) is 0 Å². The number of thiocarbonyl (C=S) groups is 1. The summed E-state index contributed by atoms with van der Waals surface area (Å²) in [6.45, 7) is 1.15. The van der Waals surface area contributed by atoms with Gasteiger partial charge in [0.2, 0.25) is 0 Å². The van der Waals surface area contributed by atoms with Crippen LogP contribution in [0.2, 0.25) is 0 Å². The minimum atomic E-state index is 0.641. The monoisotopic (exact) mass is 254 g/mol. The maximum absolute atomic E-state index is 5.51. The second-order valence-corrected chi connectivity index (χ2v) is 6.20. The predicted octanol–water partition coefficient (Wildman–Crippen LogP) is 3.32. The van der Waals surface area contributed by atoms with Crippen molar-refractivity contribution in [1.29, 1.82) is 0 Å². The van der Waals surface area contributed by atoms with Crippen LogP contribution in [0.4, 0.5) is 0 Å². The van der Waals surface area contributed by atoms with E-state index < -0.39 is 0 Å². The van der Waals surface area contributed by atoms with Crippen LogP contribution in [-0.2, 0) is 0 Å². The molecule has 1 N–H and O–H groups in total. The molecule has 0 saturated heterocycles. The van der Waals surface area contributed by atoms with Gasteiger partial charge in [-0.2, -0.15) is 0 Å². The van der Waals surface area contributed by atoms with Gasteiger partial charge >= 0.3 is 0 Å². The highest BCUT2D eigenvalue weighted by Gasteiger charge is 2.20. The van der Waals surface area contributed by atoms with Crippen molar-refractivity contribution in [2.45, 2.75) is 63.8 Å². The van der Waals surface area contributed by atoms with E-state index in [4.69, 9.17) is 12.2 Å². The third-order valence-electron chi connectivity index (χ3n) is 4.29. The molecule has 0 spiro atoms. The Morgan fingerprint density at radius 1 is 1.06 bits per heavy atom. The van der Waals surface area contributed by atoms with Gasteiger partial charge in [0.25, 0.3) is 0 Å². The van der Waals surface area contributed by atoms with E-state index in [1.165, 1.54) is 57.8 Å². The number of nitrogens with one attached hydrogen (secondary N) is 1. The van der Waals surface area contributed by atoms with Crippen LogP contribution in [0.3, 0.4) is 0 Å². The van der Waals surface area contributed by atoms with Crippen molar-refractivity contribution < 1.29 is 0 Å². The van der Waals surface area contributed by atoms with Crippen LogP contribution in [0.25, 0.3) is 0 Å². The maximum atomic E-state index is 5.51. The zero-order chi connectivity index (χ0) is 12.1. The summed E-state index contributed by atoms with van der Waals surface area (Å²) in [5.41, 5.74) is 0. The quantitative estimate of drug-likeness (QED) is 0.778. The first-order valence-electron chi connectivity index (χ1n) is 7.27. The van der Waals surface area contributed by atoms with Gasteiger partial charge in [0.05, 0.1) is 0 Å². The summed E-state index contributed by atoms with van der Waals surface area (Å²) >= 11 is 5.51. The number of nitrogens with zero attached hydrogens (tertiary/aromatic N) is 1. The Hall–Kier alpha value is -0.310. The topological polar surface area (TPSA) is 15.3 Å². The molecular weight excluding hydrogens is 228 g/mol. The summed E-state index contributed by atoms with van der Waals surface area (Å²) in [6, 6.07) is 0.641. The molecule has 3 heteroatoms. The lowest BCUT2D eigenvalue weighted by molar-refractivity contribution is 0.361. The second kappa shape index (κ2) is 6.58. The van der Waals surface area contributed by atoms with E-state index in [1.54, 1.807) is 0 Å². The SMILES string of the molecule is CN(CC1CCCC1)C(=S)NC1CCCCC1. The highest BCUT2D eigenvalue weighted by molar-refractivity contribution is 7.80. The third kappa shape index (κ3) is 4.13. The molecule has 2 aliphatic rings. The van der Waals surface area contributed by atoms with Crippen LogP contribution < -0.4 is 5.32 Å². The molecule has 2 rings (SSSR count). The van der Waals surface area contributed by atoms with E-state index >= 15 is 0 Å². The molecule has 2 saturated carbocycles. The Bertz CT molecular complexity index is 243.